The fraction of sp³-hybridized carbons (Fsp3) is 0. The van der Waals surface area contributed by atoms with E-state index in [4.69, 9.17) is 8.83 Å². The number of nitrogens with one attached hydrogen (secondary N) is 1. The molecular formula is C80H51BrN2O2S2. The minimum atomic E-state index is 0.896. The number of furan rings is 2. The summed E-state index contributed by atoms with van der Waals surface area (Å²) in [7, 11) is 0. The van der Waals surface area contributed by atoms with Crippen LogP contribution in [0.15, 0.2) is 317 Å². The van der Waals surface area contributed by atoms with Gasteiger partial charge in [-0.1, -0.05) is 186 Å². The Labute approximate surface area is 518 Å². The molecule has 0 saturated carbocycles. The number of rotatable bonds is 7. The van der Waals surface area contributed by atoms with Gasteiger partial charge in [-0.25, -0.2) is 0 Å². The number of benzene rings is 14. The molecule has 0 saturated heterocycles. The van der Waals surface area contributed by atoms with Gasteiger partial charge in [-0.3, -0.25) is 0 Å². The average Bonchev–Trinajstić information content (AvgIpc) is 2.66. The third-order valence-corrected chi connectivity index (χ3v) is 19.2. The van der Waals surface area contributed by atoms with Crippen molar-refractivity contribution in [3.63, 3.8) is 0 Å². The van der Waals surface area contributed by atoms with E-state index in [2.05, 4.69) is 305 Å². The Bertz CT molecular complexity index is 5570. The second-order valence-electron chi connectivity index (χ2n) is 21.8. The van der Waals surface area contributed by atoms with Crippen molar-refractivity contribution in [3.8, 4) is 22.3 Å². The molecule has 0 aliphatic heterocycles. The summed E-state index contributed by atoms with van der Waals surface area (Å²) < 4.78 is 18.6. The monoisotopic (exact) mass is 1210 g/mol. The van der Waals surface area contributed by atoms with Crippen molar-refractivity contribution in [2.45, 2.75) is 0 Å². The number of anilines is 5. The molecule has 14 aromatic carbocycles. The molecule has 0 amide bonds. The number of hydrogen-bond acceptors (Lipinski definition) is 6. The highest BCUT2D eigenvalue weighted by Crippen LogP contribution is 2.44. The van der Waals surface area contributed by atoms with Crippen LogP contribution >= 0.6 is 38.6 Å². The van der Waals surface area contributed by atoms with Crippen LogP contribution in [0.4, 0.5) is 28.4 Å². The van der Waals surface area contributed by atoms with Gasteiger partial charge in [0.15, 0.2) is 0 Å². The number of nitrogens with zero attached hydrogens (tertiary/aromatic N) is 1. The van der Waals surface area contributed by atoms with Crippen LogP contribution in [0.2, 0.25) is 0 Å². The third-order valence-electron chi connectivity index (χ3n) is 16.4. The predicted molar refractivity (Wildman–Crippen MR) is 378 cm³/mol. The van der Waals surface area contributed by atoms with E-state index in [1.54, 1.807) is 0 Å². The SMILES string of the molecule is Brc1ccc2oc3cc4ccccc4cc3c2c1.c1ccc(-c2ccc(N(c3ccc4oc5cc6ccccc6cc5c4c3)c3ccc4sc5ccccc5c4c3)cc2)cc1.c1ccc(-c2ccc(Nc3ccc4sc5ccccc5c4c3)cc2)cc1. The van der Waals surface area contributed by atoms with Gasteiger partial charge in [-0.05, 0) is 177 Å². The molecule has 4 heterocycles. The van der Waals surface area contributed by atoms with Crippen LogP contribution in [0.5, 0.6) is 0 Å². The van der Waals surface area contributed by atoms with Crippen LogP contribution in [0.25, 0.3) is 128 Å². The molecule has 0 atom stereocenters. The molecule has 0 aliphatic carbocycles. The van der Waals surface area contributed by atoms with Gasteiger partial charge in [0.1, 0.15) is 22.3 Å². The molecule has 4 nitrogen and oxygen atoms in total. The Morgan fingerprint density at radius 2 is 0.655 bits per heavy atom. The van der Waals surface area contributed by atoms with Gasteiger partial charge in [0, 0.05) is 94.8 Å². The lowest BCUT2D eigenvalue weighted by Gasteiger charge is -2.26. The van der Waals surface area contributed by atoms with Crippen LogP contribution in [0, 0.1) is 0 Å². The molecule has 7 heteroatoms. The highest BCUT2D eigenvalue weighted by Gasteiger charge is 2.19. The van der Waals surface area contributed by atoms with Crippen LogP contribution in [-0.4, -0.2) is 0 Å². The van der Waals surface area contributed by atoms with E-state index in [-0.39, 0.29) is 0 Å². The Balaban J connectivity index is 0.000000117. The summed E-state index contributed by atoms with van der Waals surface area (Å²) in [6.45, 7) is 0. The minimum Gasteiger partial charge on any atom is -0.456 e. The Kier molecular flexibility index (Phi) is 13.4. The molecule has 18 aromatic rings. The molecule has 0 spiro atoms. The standard InChI is InChI=1S/C40H25NOS.C24H17NS.C16H9BrO/c1-2-8-26(9-3-1)27-14-16-30(17-15-27)41(32-19-21-40-36(25-32)33-12-6-7-13-39(33)43-40)31-18-20-37-35(24-31)34-22-28-10-4-5-11-29(28)23-38(34)42-37;1-2-6-17(7-3-1)18-10-12-19(13-11-18)25-20-14-15-24-22(16-20)21-8-4-5-9-23(21)26-24;17-12-5-6-15-14(9-12)13-7-10-3-1-2-4-11(10)8-16(13)18-15/h1-25H;1-16,25H;1-9H. The van der Waals surface area contributed by atoms with E-state index in [1.807, 2.05) is 46.9 Å². The van der Waals surface area contributed by atoms with Gasteiger partial charge < -0.3 is 19.1 Å². The highest BCUT2D eigenvalue weighted by molar-refractivity contribution is 9.10. The molecule has 1 N–H and O–H groups in total. The quantitative estimate of drug-likeness (QED) is 0.173. The topological polar surface area (TPSA) is 41.6 Å². The van der Waals surface area contributed by atoms with Crippen molar-refractivity contribution in [2.24, 2.45) is 0 Å². The van der Waals surface area contributed by atoms with Gasteiger partial charge in [0.25, 0.3) is 0 Å². The fourth-order valence-electron chi connectivity index (χ4n) is 12.1. The Morgan fingerprint density at radius 3 is 1.23 bits per heavy atom. The maximum absolute atomic E-state index is 6.35. The summed E-state index contributed by atoms with van der Waals surface area (Å²) in [5, 5.41) is 18.2. The average molecular weight is 1220 g/mol. The van der Waals surface area contributed by atoms with E-state index in [0.717, 1.165) is 71.4 Å². The third kappa shape index (κ3) is 10.1. The number of thiophene rings is 2. The molecule has 412 valence electrons. The summed E-state index contributed by atoms with van der Waals surface area (Å²) in [6, 6.07) is 107. The molecule has 0 aliphatic rings. The molecule has 0 unspecified atom stereocenters. The lowest BCUT2D eigenvalue weighted by molar-refractivity contribution is 0.669. The van der Waals surface area contributed by atoms with Crippen LogP contribution in [0.1, 0.15) is 0 Å². The normalized spacial score (nSPS) is 11.5. The van der Waals surface area contributed by atoms with Crippen LogP contribution in [-0.2, 0) is 0 Å². The lowest BCUT2D eigenvalue weighted by atomic mass is 10.0. The van der Waals surface area contributed by atoms with E-state index >= 15 is 0 Å². The van der Waals surface area contributed by atoms with Crippen LogP contribution in [0.3, 0.4) is 0 Å². The Hall–Kier alpha value is -10.3. The minimum absolute atomic E-state index is 0.896. The number of halogens is 1. The first-order valence-corrected chi connectivity index (χ1v) is 31.5. The van der Waals surface area contributed by atoms with Gasteiger partial charge in [0.05, 0.1) is 0 Å². The van der Waals surface area contributed by atoms with Crippen molar-refractivity contribution in [2.75, 3.05) is 10.2 Å². The van der Waals surface area contributed by atoms with Crippen molar-refractivity contribution < 1.29 is 8.83 Å². The van der Waals surface area contributed by atoms with Gasteiger partial charge in [-0.2, -0.15) is 0 Å². The predicted octanol–water partition coefficient (Wildman–Crippen LogP) is 25.2. The second-order valence-corrected chi connectivity index (χ2v) is 24.9. The molecule has 4 aromatic heterocycles. The second kappa shape index (κ2) is 22.3. The van der Waals surface area contributed by atoms with Gasteiger partial charge in [0.2, 0.25) is 0 Å². The maximum atomic E-state index is 6.35. The fourth-order valence-corrected chi connectivity index (χ4v) is 14.6. The summed E-state index contributed by atoms with van der Waals surface area (Å²) in [5.41, 5.74) is 14.1. The summed E-state index contributed by atoms with van der Waals surface area (Å²) in [6.07, 6.45) is 0. The first kappa shape index (κ1) is 52.3. The van der Waals surface area contributed by atoms with E-state index < -0.39 is 0 Å². The first-order chi connectivity index (χ1) is 43.0. The summed E-state index contributed by atoms with van der Waals surface area (Å²) in [4.78, 5) is 2.36. The number of hydrogen-bond donors (Lipinski definition) is 1. The molecule has 0 bridgehead atoms. The van der Waals surface area contributed by atoms with E-state index in [0.29, 0.717) is 0 Å². The molecule has 87 heavy (non-hydrogen) atoms. The number of fused-ring (bicyclic) bond motifs is 14. The summed E-state index contributed by atoms with van der Waals surface area (Å²) >= 11 is 7.21. The maximum Gasteiger partial charge on any atom is 0.136 e. The smallest absolute Gasteiger partial charge is 0.136 e. The zero-order chi connectivity index (χ0) is 57.8. The van der Waals surface area contributed by atoms with Crippen molar-refractivity contribution >= 4 is 173 Å². The van der Waals surface area contributed by atoms with Crippen molar-refractivity contribution in [1.82, 2.24) is 0 Å². The molecular weight excluding hydrogens is 1160 g/mol. The lowest BCUT2D eigenvalue weighted by Crippen LogP contribution is -2.09. The summed E-state index contributed by atoms with van der Waals surface area (Å²) in [5.74, 6) is 0. The molecule has 0 radical (unpaired) electrons. The van der Waals surface area contributed by atoms with Crippen molar-refractivity contribution in [3.05, 3.63) is 308 Å². The zero-order valence-electron chi connectivity index (χ0n) is 46.8. The van der Waals surface area contributed by atoms with Crippen molar-refractivity contribution in [1.29, 1.82) is 0 Å². The molecule has 18 rings (SSSR count). The van der Waals surface area contributed by atoms with E-state index in [9.17, 15) is 0 Å². The largest absolute Gasteiger partial charge is 0.456 e. The van der Waals surface area contributed by atoms with E-state index in [1.165, 1.54) is 89.5 Å². The first-order valence-electron chi connectivity index (χ1n) is 29.0. The highest BCUT2D eigenvalue weighted by atomic mass is 79.9. The molecule has 0 fully saturated rings. The van der Waals surface area contributed by atoms with Gasteiger partial charge >= 0.3 is 0 Å². The van der Waals surface area contributed by atoms with Crippen LogP contribution < -0.4 is 10.2 Å². The Morgan fingerprint density at radius 1 is 0.264 bits per heavy atom. The zero-order valence-corrected chi connectivity index (χ0v) is 50.0. The van der Waals surface area contributed by atoms with Gasteiger partial charge in [-0.15, -0.1) is 22.7 Å².